The third-order valence-corrected chi connectivity index (χ3v) is 5.38. The van der Waals surface area contributed by atoms with Crippen LogP contribution in [0.3, 0.4) is 0 Å². The van der Waals surface area contributed by atoms with Gasteiger partial charge in [0.25, 0.3) is 0 Å². The van der Waals surface area contributed by atoms with Crippen molar-refractivity contribution in [1.82, 2.24) is 29.7 Å². The summed E-state index contributed by atoms with van der Waals surface area (Å²) in [5.41, 5.74) is 8.57. The highest BCUT2D eigenvalue weighted by Crippen LogP contribution is 2.30. The Morgan fingerprint density at radius 1 is 1.03 bits per heavy atom. The Morgan fingerprint density at radius 2 is 1.81 bits per heavy atom. The van der Waals surface area contributed by atoms with E-state index in [2.05, 4.69) is 30.5 Å². The van der Waals surface area contributed by atoms with Crippen LogP contribution in [-0.4, -0.2) is 29.7 Å². The van der Waals surface area contributed by atoms with E-state index in [-0.39, 0.29) is 33.1 Å². The highest BCUT2D eigenvalue weighted by atomic mass is 35.5. The van der Waals surface area contributed by atoms with Gasteiger partial charge in [-0.05, 0) is 30.3 Å². The number of fused-ring (bicyclic) bond motifs is 1. The molecule has 0 atom stereocenters. The minimum absolute atomic E-state index is 0.0859. The number of benzene rings is 2. The molecule has 3 aromatic heterocycles. The Balaban J connectivity index is 1.55. The van der Waals surface area contributed by atoms with Crippen molar-refractivity contribution in [2.24, 2.45) is 0 Å². The van der Waals surface area contributed by atoms with Gasteiger partial charge in [-0.2, -0.15) is 15.1 Å². The molecule has 11 heteroatoms. The molecule has 158 valence electrons. The van der Waals surface area contributed by atoms with E-state index in [1.54, 1.807) is 24.4 Å². The lowest BCUT2D eigenvalue weighted by Gasteiger charge is -2.14. The summed E-state index contributed by atoms with van der Waals surface area (Å²) >= 11 is 12.5. The van der Waals surface area contributed by atoms with E-state index in [9.17, 15) is 4.79 Å². The molecular formula is C21H14Cl2N8O. The molecular weight excluding hydrogens is 451 g/mol. The highest BCUT2D eigenvalue weighted by molar-refractivity contribution is 6.37. The first-order valence-electron chi connectivity index (χ1n) is 9.38. The summed E-state index contributed by atoms with van der Waals surface area (Å²) in [6.45, 7) is 0. The molecule has 0 fully saturated rings. The van der Waals surface area contributed by atoms with Crippen molar-refractivity contribution in [3.63, 3.8) is 0 Å². The van der Waals surface area contributed by atoms with Crippen molar-refractivity contribution in [1.29, 1.82) is 0 Å². The Bertz CT molecular complexity index is 1490. The quantitative estimate of drug-likeness (QED) is 0.363. The number of aromatic nitrogens is 6. The number of nitrogens with one attached hydrogen (secondary N) is 2. The molecule has 0 radical (unpaired) electrons. The molecule has 9 nitrogen and oxygen atoms in total. The Labute approximate surface area is 190 Å². The third-order valence-electron chi connectivity index (χ3n) is 4.77. The lowest BCUT2D eigenvalue weighted by Crippen LogP contribution is -2.25. The average Bonchev–Trinajstić information content (AvgIpc) is 3.31. The number of rotatable bonds is 4. The second kappa shape index (κ2) is 7.95. The van der Waals surface area contributed by atoms with Gasteiger partial charge in [-0.25, -0.2) is 14.3 Å². The monoisotopic (exact) mass is 464 g/mol. The zero-order valence-corrected chi connectivity index (χ0v) is 17.8. The lowest BCUT2D eigenvalue weighted by atomic mass is 10.1. The molecule has 0 amide bonds. The summed E-state index contributed by atoms with van der Waals surface area (Å²) in [4.78, 5) is 25.5. The number of nitrogens with two attached hydrogens (primary N) is 1. The first-order valence-corrected chi connectivity index (χ1v) is 10.1. The van der Waals surface area contributed by atoms with Crippen molar-refractivity contribution in [2.75, 3.05) is 11.1 Å². The molecule has 0 aliphatic rings. The van der Waals surface area contributed by atoms with Crippen LogP contribution < -0.4 is 16.7 Å². The topological polar surface area (TPSA) is 127 Å². The van der Waals surface area contributed by atoms with Crippen LogP contribution in [0.25, 0.3) is 28.0 Å². The van der Waals surface area contributed by atoms with Gasteiger partial charge in [-0.15, -0.1) is 0 Å². The smallest absolute Gasteiger partial charge is 0.355 e. The second-order valence-electron chi connectivity index (χ2n) is 6.79. The van der Waals surface area contributed by atoms with E-state index in [1.807, 2.05) is 30.3 Å². The first kappa shape index (κ1) is 20.0. The van der Waals surface area contributed by atoms with E-state index in [4.69, 9.17) is 28.9 Å². The van der Waals surface area contributed by atoms with Crippen LogP contribution >= 0.6 is 23.2 Å². The molecule has 4 N–H and O–H groups in total. The summed E-state index contributed by atoms with van der Waals surface area (Å²) in [6.07, 6.45) is 3.17. The molecule has 2 aromatic carbocycles. The van der Waals surface area contributed by atoms with E-state index in [0.717, 1.165) is 21.5 Å². The van der Waals surface area contributed by atoms with Crippen LogP contribution in [0.1, 0.15) is 0 Å². The molecule has 0 aliphatic heterocycles. The van der Waals surface area contributed by atoms with Gasteiger partial charge in [0.1, 0.15) is 5.82 Å². The van der Waals surface area contributed by atoms with Crippen LogP contribution in [0.15, 0.2) is 65.7 Å². The van der Waals surface area contributed by atoms with Crippen molar-refractivity contribution < 1.29 is 0 Å². The molecule has 0 bridgehead atoms. The van der Waals surface area contributed by atoms with Crippen molar-refractivity contribution in [2.45, 2.75) is 0 Å². The molecule has 0 spiro atoms. The third kappa shape index (κ3) is 3.53. The Morgan fingerprint density at radius 3 is 2.56 bits per heavy atom. The number of H-pyrrole nitrogens is 1. The van der Waals surface area contributed by atoms with E-state index < -0.39 is 5.69 Å². The van der Waals surface area contributed by atoms with Gasteiger partial charge in [-0.1, -0.05) is 41.4 Å². The van der Waals surface area contributed by atoms with E-state index in [1.165, 1.54) is 6.20 Å². The second-order valence-corrected chi connectivity index (χ2v) is 7.61. The van der Waals surface area contributed by atoms with Gasteiger partial charge in [0.15, 0.2) is 5.65 Å². The zero-order chi connectivity index (χ0) is 22.2. The summed E-state index contributed by atoms with van der Waals surface area (Å²) in [5, 5.41) is 10.9. The van der Waals surface area contributed by atoms with E-state index in [0.29, 0.717) is 5.39 Å². The standard InChI is InChI=1S/C21H14Cl2N8O/c22-14-5-2-6-15(23)17(14)31-18(24)13-10-25-20(28-19(13)29-21(31)32)27-12-4-1-3-11(9-12)16-7-8-26-30-16/h1-10H,24H2,(H,26,30)(H,27,28,29,32). The number of hydrogen-bond donors (Lipinski definition) is 3. The molecule has 0 unspecified atom stereocenters. The molecule has 32 heavy (non-hydrogen) atoms. The maximum atomic E-state index is 12.8. The fourth-order valence-electron chi connectivity index (χ4n) is 3.29. The number of nitrogen functional groups attached to an aromatic ring is 1. The fraction of sp³-hybridized carbons (Fsp3) is 0. The number of nitrogens with zero attached hydrogens (tertiary/aromatic N) is 5. The van der Waals surface area contributed by atoms with E-state index >= 15 is 0 Å². The largest absolute Gasteiger partial charge is 0.384 e. The van der Waals surface area contributed by atoms with Crippen LogP contribution in [0.4, 0.5) is 17.5 Å². The molecule has 5 rings (SSSR count). The van der Waals surface area contributed by atoms with Crippen molar-refractivity contribution >= 4 is 51.7 Å². The van der Waals surface area contributed by atoms with Gasteiger partial charge in [0, 0.05) is 23.6 Å². The van der Waals surface area contributed by atoms with Gasteiger partial charge >= 0.3 is 5.69 Å². The van der Waals surface area contributed by atoms with Crippen molar-refractivity contribution in [3.05, 3.63) is 81.5 Å². The van der Waals surface area contributed by atoms with Gasteiger partial charge in [-0.3, -0.25) is 5.10 Å². The Hall–Kier alpha value is -3.95. The summed E-state index contributed by atoms with van der Waals surface area (Å²) < 4.78 is 1.15. The van der Waals surface area contributed by atoms with Gasteiger partial charge < -0.3 is 11.1 Å². The minimum Gasteiger partial charge on any atom is -0.384 e. The predicted molar refractivity (Wildman–Crippen MR) is 125 cm³/mol. The minimum atomic E-state index is -0.657. The number of para-hydroxylation sites is 1. The average molecular weight is 465 g/mol. The number of anilines is 3. The molecule has 3 heterocycles. The Kier molecular flexibility index (Phi) is 4.96. The predicted octanol–water partition coefficient (Wildman–Crippen LogP) is 4.20. The maximum absolute atomic E-state index is 12.8. The first-order chi connectivity index (χ1) is 15.5. The van der Waals surface area contributed by atoms with Crippen LogP contribution in [-0.2, 0) is 0 Å². The SMILES string of the molecule is Nc1c2cnc(Nc3cccc(-c4ccn[nH]4)c3)nc2nc(=O)n1-c1c(Cl)cccc1Cl. The normalized spacial score (nSPS) is 11.1. The van der Waals surface area contributed by atoms with Crippen LogP contribution in [0, 0.1) is 0 Å². The summed E-state index contributed by atoms with van der Waals surface area (Å²) in [7, 11) is 0. The summed E-state index contributed by atoms with van der Waals surface area (Å²) in [5.74, 6) is 0.349. The summed E-state index contributed by atoms with van der Waals surface area (Å²) in [6, 6.07) is 14.4. The highest BCUT2D eigenvalue weighted by Gasteiger charge is 2.17. The fourth-order valence-corrected chi connectivity index (χ4v) is 3.86. The van der Waals surface area contributed by atoms with Gasteiger partial charge in [0.2, 0.25) is 5.95 Å². The van der Waals surface area contributed by atoms with Crippen LogP contribution in [0.5, 0.6) is 0 Å². The maximum Gasteiger partial charge on any atom is 0.355 e. The van der Waals surface area contributed by atoms with Crippen LogP contribution in [0.2, 0.25) is 10.0 Å². The molecule has 5 aromatic rings. The molecule has 0 aliphatic carbocycles. The van der Waals surface area contributed by atoms with Gasteiger partial charge in [0.05, 0.1) is 26.8 Å². The number of hydrogen-bond acceptors (Lipinski definition) is 7. The lowest BCUT2D eigenvalue weighted by molar-refractivity contribution is 0.940. The number of aromatic amines is 1. The zero-order valence-electron chi connectivity index (χ0n) is 16.3. The van der Waals surface area contributed by atoms with Crippen molar-refractivity contribution in [3.8, 4) is 16.9 Å². The molecule has 0 saturated heterocycles. The molecule has 0 saturated carbocycles. The number of halogens is 2.